The van der Waals surface area contributed by atoms with Crippen LogP contribution in [0.5, 0.6) is 0 Å². The zero-order valence-corrected chi connectivity index (χ0v) is 13.0. The van der Waals surface area contributed by atoms with Crippen LogP contribution < -0.4 is 0 Å². The van der Waals surface area contributed by atoms with E-state index in [1.165, 1.54) is 11.3 Å². The molecule has 2 rings (SSSR count). The van der Waals surface area contributed by atoms with E-state index >= 15 is 0 Å². The van der Waals surface area contributed by atoms with Gasteiger partial charge < -0.3 is 4.74 Å². The number of carbonyl (C=O) groups is 1. The zero-order valence-electron chi connectivity index (χ0n) is 8.42. The predicted octanol–water partition coefficient (Wildman–Crippen LogP) is 4.45. The first-order valence-electron chi connectivity index (χ1n) is 4.68. The van der Waals surface area contributed by atoms with Gasteiger partial charge in [0.25, 0.3) is 0 Å². The second kappa shape index (κ2) is 5.01. The van der Waals surface area contributed by atoms with Crippen molar-refractivity contribution in [2.75, 3.05) is 6.61 Å². The van der Waals surface area contributed by atoms with Crippen LogP contribution in [0.3, 0.4) is 0 Å². The number of halogens is 2. The molecule has 0 aliphatic carbocycles. The van der Waals surface area contributed by atoms with Gasteiger partial charge in [0, 0.05) is 18.1 Å². The quantitative estimate of drug-likeness (QED) is 0.540. The molecular formula is C11H8BrIO2S. The minimum atomic E-state index is -0.244. The highest BCUT2D eigenvalue weighted by atomic mass is 127. The van der Waals surface area contributed by atoms with Crippen molar-refractivity contribution < 1.29 is 9.53 Å². The third-order valence-corrected chi connectivity index (χ3v) is 5.16. The van der Waals surface area contributed by atoms with Gasteiger partial charge in [-0.05, 0) is 47.7 Å². The molecule has 1 heterocycles. The van der Waals surface area contributed by atoms with E-state index in [2.05, 4.69) is 38.5 Å². The van der Waals surface area contributed by atoms with Gasteiger partial charge in [0.15, 0.2) is 0 Å². The minimum absolute atomic E-state index is 0.244. The molecule has 0 atom stereocenters. The summed E-state index contributed by atoms with van der Waals surface area (Å²) in [7, 11) is 0. The summed E-state index contributed by atoms with van der Waals surface area (Å²) in [4.78, 5) is 12.3. The Hall–Kier alpha value is -0.140. The summed E-state index contributed by atoms with van der Waals surface area (Å²) in [5.74, 6) is -0.244. The SMILES string of the molecule is CCOC(=O)c1cc2c(Br)ccc(I)c2s1. The molecule has 2 aromatic rings. The average molecular weight is 411 g/mol. The molecule has 0 spiro atoms. The van der Waals surface area contributed by atoms with Crippen LogP contribution in [0.2, 0.25) is 0 Å². The Balaban J connectivity index is 2.55. The van der Waals surface area contributed by atoms with Gasteiger partial charge >= 0.3 is 5.97 Å². The van der Waals surface area contributed by atoms with E-state index < -0.39 is 0 Å². The lowest BCUT2D eigenvalue weighted by Crippen LogP contribution is -2.01. The smallest absolute Gasteiger partial charge is 0.348 e. The number of esters is 1. The molecule has 1 aromatic heterocycles. The lowest BCUT2D eigenvalue weighted by atomic mass is 10.2. The van der Waals surface area contributed by atoms with Crippen LogP contribution in [0.4, 0.5) is 0 Å². The molecule has 1 aromatic carbocycles. The topological polar surface area (TPSA) is 26.3 Å². The first-order chi connectivity index (χ1) is 7.63. The Morgan fingerprint density at radius 1 is 1.56 bits per heavy atom. The standard InChI is InChI=1S/C11H8BrIO2S/c1-2-15-11(14)9-5-6-7(12)3-4-8(13)10(6)16-9/h3-5H,2H2,1H3. The minimum Gasteiger partial charge on any atom is -0.462 e. The van der Waals surface area contributed by atoms with E-state index in [1.807, 2.05) is 25.1 Å². The number of carbonyl (C=O) groups excluding carboxylic acids is 1. The Morgan fingerprint density at radius 2 is 2.31 bits per heavy atom. The Bertz CT molecular complexity index is 511. The van der Waals surface area contributed by atoms with Gasteiger partial charge in [0.05, 0.1) is 6.61 Å². The van der Waals surface area contributed by atoms with Gasteiger partial charge in [-0.3, -0.25) is 0 Å². The molecule has 0 radical (unpaired) electrons. The van der Waals surface area contributed by atoms with Crippen molar-refractivity contribution in [2.24, 2.45) is 0 Å². The number of ether oxygens (including phenoxy) is 1. The number of benzene rings is 1. The van der Waals surface area contributed by atoms with Gasteiger partial charge in [-0.1, -0.05) is 15.9 Å². The van der Waals surface area contributed by atoms with Gasteiger partial charge in [0.2, 0.25) is 0 Å². The molecule has 0 N–H and O–H groups in total. The molecule has 0 amide bonds. The van der Waals surface area contributed by atoms with Crippen LogP contribution in [0.15, 0.2) is 22.7 Å². The Kier molecular flexibility index (Phi) is 3.86. The fraction of sp³-hybridized carbons (Fsp3) is 0.182. The molecule has 0 aliphatic heterocycles. The van der Waals surface area contributed by atoms with E-state index in [1.54, 1.807) is 0 Å². The van der Waals surface area contributed by atoms with Crippen molar-refractivity contribution in [1.82, 2.24) is 0 Å². The molecule has 2 nitrogen and oxygen atoms in total. The lowest BCUT2D eigenvalue weighted by Gasteiger charge is -1.95. The highest BCUT2D eigenvalue weighted by Crippen LogP contribution is 2.35. The van der Waals surface area contributed by atoms with E-state index in [0.717, 1.165) is 18.1 Å². The molecule has 0 saturated heterocycles. The van der Waals surface area contributed by atoms with Crippen molar-refractivity contribution in [3.05, 3.63) is 31.1 Å². The van der Waals surface area contributed by atoms with Crippen LogP contribution in [-0.2, 0) is 4.74 Å². The maximum absolute atomic E-state index is 11.6. The third kappa shape index (κ3) is 2.26. The molecule has 0 fully saturated rings. The summed E-state index contributed by atoms with van der Waals surface area (Å²) in [6.07, 6.45) is 0. The molecular weight excluding hydrogens is 403 g/mol. The highest BCUT2D eigenvalue weighted by molar-refractivity contribution is 14.1. The summed E-state index contributed by atoms with van der Waals surface area (Å²) < 4.78 is 8.27. The van der Waals surface area contributed by atoms with Gasteiger partial charge in [-0.15, -0.1) is 11.3 Å². The normalized spacial score (nSPS) is 10.7. The summed E-state index contributed by atoms with van der Waals surface area (Å²) in [6, 6.07) is 5.90. The number of hydrogen-bond acceptors (Lipinski definition) is 3. The van der Waals surface area contributed by atoms with Crippen LogP contribution >= 0.6 is 49.9 Å². The summed E-state index contributed by atoms with van der Waals surface area (Å²) in [6.45, 7) is 2.22. The monoisotopic (exact) mass is 410 g/mol. The fourth-order valence-electron chi connectivity index (χ4n) is 1.36. The van der Waals surface area contributed by atoms with Gasteiger partial charge in [-0.25, -0.2) is 4.79 Å². The van der Waals surface area contributed by atoms with E-state index in [0.29, 0.717) is 11.5 Å². The molecule has 0 unspecified atom stereocenters. The Labute approximate surface area is 119 Å². The summed E-state index contributed by atoms with van der Waals surface area (Å²) >= 11 is 7.23. The maximum Gasteiger partial charge on any atom is 0.348 e. The third-order valence-electron chi connectivity index (χ3n) is 2.06. The molecule has 0 aliphatic rings. The Morgan fingerprint density at radius 3 is 2.94 bits per heavy atom. The molecule has 16 heavy (non-hydrogen) atoms. The van der Waals surface area contributed by atoms with Crippen molar-refractivity contribution in [3.63, 3.8) is 0 Å². The largest absolute Gasteiger partial charge is 0.462 e. The second-order valence-corrected chi connectivity index (χ2v) is 6.17. The van der Waals surface area contributed by atoms with Gasteiger partial charge in [-0.2, -0.15) is 0 Å². The molecule has 0 saturated carbocycles. The summed E-state index contributed by atoms with van der Waals surface area (Å²) in [5, 5.41) is 1.07. The maximum atomic E-state index is 11.6. The molecule has 5 heteroatoms. The molecule has 84 valence electrons. The number of fused-ring (bicyclic) bond motifs is 1. The fourth-order valence-corrected chi connectivity index (χ4v) is 3.72. The summed E-state index contributed by atoms with van der Waals surface area (Å²) in [5.41, 5.74) is 0. The van der Waals surface area contributed by atoms with Crippen LogP contribution in [0.1, 0.15) is 16.6 Å². The van der Waals surface area contributed by atoms with Crippen molar-refractivity contribution >= 4 is 65.9 Å². The number of rotatable bonds is 2. The van der Waals surface area contributed by atoms with E-state index in [-0.39, 0.29) is 5.97 Å². The van der Waals surface area contributed by atoms with Gasteiger partial charge in [0.1, 0.15) is 4.88 Å². The van der Waals surface area contributed by atoms with Crippen molar-refractivity contribution in [1.29, 1.82) is 0 Å². The van der Waals surface area contributed by atoms with Crippen molar-refractivity contribution in [3.8, 4) is 0 Å². The van der Waals surface area contributed by atoms with E-state index in [9.17, 15) is 4.79 Å². The first kappa shape index (κ1) is 12.3. The average Bonchev–Trinajstić information content (AvgIpc) is 2.70. The number of thiophene rings is 1. The highest BCUT2D eigenvalue weighted by Gasteiger charge is 2.14. The zero-order chi connectivity index (χ0) is 11.7. The van der Waals surface area contributed by atoms with Crippen LogP contribution in [0, 0.1) is 3.57 Å². The van der Waals surface area contributed by atoms with E-state index in [4.69, 9.17) is 4.74 Å². The predicted molar refractivity (Wildman–Crippen MR) is 78.2 cm³/mol. The van der Waals surface area contributed by atoms with Crippen LogP contribution in [-0.4, -0.2) is 12.6 Å². The van der Waals surface area contributed by atoms with Crippen molar-refractivity contribution in [2.45, 2.75) is 6.92 Å². The first-order valence-corrected chi connectivity index (χ1v) is 7.37. The second-order valence-electron chi connectivity index (χ2n) is 3.10. The number of hydrogen-bond donors (Lipinski definition) is 0. The lowest BCUT2D eigenvalue weighted by molar-refractivity contribution is 0.0532. The molecule has 0 bridgehead atoms. The van der Waals surface area contributed by atoms with Crippen LogP contribution in [0.25, 0.3) is 10.1 Å².